The Morgan fingerprint density at radius 2 is 2.05 bits per heavy atom. The number of aromatic carboxylic acids is 1. The molecule has 0 radical (unpaired) electrons. The highest BCUT2D eigenvalue weighted by atomic mass is 32.2. The number of pyridine rings is 1. The van der Waals surface area contributed by atoms with E-state index < -0.39 is 16.0 Å². The van der Waals surface area contributed by atoms with Crippen LogP contribution >= 0.6 is 0 Å². The van der Waals surface area contributed by atoms with Gasteiger partial charge in [0.2, 0.25) is 0 Å². The molecule has 0 aliphatic heterocycles. The van der Waals surface area contributed by atoms with Crippen molar-refractivity contribution in [3.8, 4) is 0 Å². The minimum Gasteiger partial charge on any atom is -0.478 e. The van der Waals surface area contributed by atoms with E-state index in [9.17, 15) is 13.2 Å². The molecule has 7 nitrogen and oxygen atoms in total. The molecule has 1 heterocycles. The molecule has 2 N–H and O–H groups in total. The molecular weight excluding hydrogens is 282 g/mol. The van der Waals surface area contributed by atoms with Crippen molar-refractivity contribution in [2.24, 2.45) is 0 Å². The van der Waals surface area contributed by atoms with Crippen LogP contribution in [0, 0.1) is 0 Å². The first kappa shape index (κ1) is 16.5. The lowest BCUT2D eigenvalue weighted by atomic mass is 10.3. The van der Waals surface area contributed by atoms with Crippen molar-refractivity contribution >= 4 is 16.0 Å². The molecule has 1 aromatic rings. The van der Waals surface area contributed by atoms with Crippen LogP contribution in [0.3, 0.4) is 0 Å². The van der Waals surface area contributed by atoms with E-state index in [1.165, 1.54) is 12.1 Å². The van der Waals surface area contributed by atoms with Gasteiger partial charge in [-0.1, -0.05) is 0 Å². The molecule has 0 aliphatic rings. The van der Waals surface area contributed by atoms with Crippen molar-refractivity contribution in [3.63, 3.8) is 0 Å². The van der Waals surface area contributed by atoms with Gasteiger partial charge in [0.25, 0.3) is 10.0 Å². The average Bonchev–Trinajstić information content (AvgIpc) is 2.38. The number of sulfonamides is 1. The third kappa shape index (κ3) is 5.24. The van der Waals surface area contributed by atoms with Gasteiger partial charge in [0, 0.05) is 12.7 Å². The van der Waals surface area contributed by atoms with Gasteiger partial charge in [0.1, 0.15) is 0 Å². The first-order chi connectivity index (χ1) is 9.33. The van der Waals surface area contributed by atoms with Crippen LogP contribution in [0.2, 0.25) is 0 Å². The minimum absolute atomic E-state index is 0.0464. The normalized spacial score (nSPS) is 11.8. The van der Waals surface area contributed by atoms with E-state index in [0.717, 1.165) is 25.6 Å². The number of nitrogens with zero attached hydrogens (tertiary/aromatic N) is 2. The summed E-state index contributed by atoms with van der Waals surface area (Å²) in [5.74, 6) is -1.14. The summed E-state index contributed by atoms with van der Waals surface area (Å²) in [7, 11) is 0.242. The van der Waals surface area contributed by atoms with E-state index in [-0.39, 0.29) is 10.6 Å². The number of aromatic nitrogens is 1. The van der Waals surface area contributed by atoms with Crippen LogP contribution in [0.15, 0.2) is 23.4 Å². The number of carboxylic acids is 1. The molecule has 0 aliphatic carbocycles. The predicted octanol–water partition coefficient (Wildman–Crippen LogP) is 0.400. The van der Waals surface area contributed by atoms with Gasteiger partial charge < -0.3 is 10.0 Å². The van der Waals surface area contributed by atoms with Crippen molar-refractivity contribution in [2.75, 3.05) is 27.2 Å². The molecule has 0 bridgehead atoms. The molecule has 8 heteroatoms. The van der Waals surface area contributed by atoms with Crippen LogP contribution in [0.5, 0.6) is 0 Å². The zero-order valence-corrected chi connectivity index (χ0v) is 12.4. The predicted molar refractivity (Wildman–Crippen MR) is 74.2 cm³/mol. The fourth-order valence-electron chi connectivity index (χ4n) is 1.50. The molecule has 1 aromatic heterocycles. The van der Waals surface area contributed by atoms with Crippen LogP contribution in [0.1, 0.15) is 23.2 Å². The second kappa shape index (κ2) is 7.32. The topological polar surface area (TPSA) is 99.6 Å². The Hall–Kier alpha value is -1.51. The smallest absolute Gasteiger partial charge is 0.337 e. The highest BCUT2D eigenvalue weighted by Gasteiger charge is 2.15. The molecule has 0 unspecified atom stereocenters. The summed E-state index contributed by atoms with van der Waals surface area (Å²) in [5.41, 5.74) is -0.0464. The van der Waals surface area contributed by atoms with E-state index in [4.69, 9.17) is 5.11 Å². The van der Waals surface area contributed by atoms with Gasteiger partial charge in [-0.2, -0.15) is 0 Å². The quantitative estimate of drug-likeness (QED) is 0.674. The largest absolute Gasteiger partial charge is 0.478 e. The lowest BCUT2D eigenvalue weighted by Gasteiger charge is -2.09. The number of unbranched alkanes of at least 4 members (excludes halogenated alkanes) is 1. The first-order valence-electron chi connectivity index (χ1n) is 6.16. The van der Waals surface area contributed by atoms with Crippen molar-refractivity contribution in [1.82, 2.24) is 14.6 Å². The van der Waals surface area contributed by atoms with E-state index in [1.54, 1.807) is 0 Å². The first-order valence-corrected chi connectivity index (χ1v) is 7.65. The van der Waals surface area contributed by atoms with Gasteiger partial charge in [0.05, 0.1) is 5.56 Å². The molecule has 0 atom stereocenters. The number of hydrogen-bond donors (Lipinski definition) is 2. The summed E-state index contributed by atoms with van der Waals surface area (Å²) in [5, 5.41) is 8.54. The Kier molecular flexibility index (Phi) is 6.05. The van der Waals surface area contributed by atoms with Gasteiger partial charge in [-0.25, -0.2) is 22.9 Å². The number of hydrogen-bond acceptors (Lipinski definition) is 5. The minimum atomic E-state index is -3.67. The van der Waals surface area contributed by atoms with Gasteiger partial charge in [-0.3, -0.25) is 0 Å². The molecule has 0 aromatic carbocycles. The highest BCUT2D eigenvalue weighted by molar-refractivity contribution is 7.89. The maximum absolute atomic E-state index is 11.9. The van der Waals surface area contributed by atoms with Gasteiger partial charge in [-0.15, -0.1) is 0 Å². The van der Waals surface area contributed by atoms with E-state index in [2.05, 4.69) is 9.71 Å². The maximum atomic E-state index is 11.9. The molecule has 1 rings (SSSR count). The second-order valence-corrected chi connectivity index (χ2v) is 6.31. The average molecular weight is 301 g/mol. The molecule has 112 valence electrons. The van der Waals surface area contributed by atoms with Crippen LogP contribution in [-0.2, 0) is 10.0 Å². The zero-order valence-electron chi connectivity index (χ0n) is 11.5. The number of nitrogens with one attached hydrogen (secondary N) is 1. The number of carbonyl (C=O) groups is 1. The van der Waals surface area contributed by atoms with Crippen LogP contribution < -0.4 is 4.72 Å². The Labute approximate surface area is 118 Å². The molecule has 20 heavy (non-hydrogen) atoms. The molecular formula is C12H19N3O4S. The zero-order chi connectivity index (χ0) is 15.2. The van der Waals surface area contributed by atoms with Gasteiger partial charge in [-0.05, 0) is 45.6 Å². The Morgan fingerprint density at radius 1 is 1.35 bits per heavy atom. The summed E-state index contributed by atoms with van der Waals surface area (Å²) >= 11 is 0. The third-order valence-electron chi connectivity index (χ3n) is 2.58. The SMILES string of the molecule is CN(C)CCCCNS(=O)(=O)c1ccc(C(=O)O)cn1. The molecule has 0 saturated carbocycles. The van der Waals surface area contributed by atoms with Crippen molar-refractivity contribution in [3.05, 3.63) is 23.9 Å². The van der Waals surface area contributed by atoms with Crippen molar-refractivity contribution in [2.45, 2.75) is 17.9 Å². The van der Waals surface area contributed by atoms with Crippen LogP contribution in [-0.4, -0.2) is 56.6 Å². The molecule has 0 saturated heterocycles. The monoisotopic (exact) mass is 301 g/mol. The van der Waals surface area contributed by atoms with E-state index in [0.29, 0.717) is 6.54 Å². The standard InChI is InChI=1S/C12H19N3O4S/c1-15(2)8-4-3-7-14-20(18,19)11-6-5-10(9-13-11)12(16)17/h5-6,9,14H,3-4,7-8H2,1-2H3,(H,16,17). The summed E-state index contributed by atoms with van der Waals surface area (Å²) in [6.07, 6.45) is 2.65. The molecule has 0 amide bonds. The summed E-state index contributed by atoms with van der Waals surface area (Å²) in [6.45, 7) is 1.23. The Balaban J connectivity index is 2.54. The Bertz CT molecular complexity index is 540. The summed E-state index contributed by atoms with van der Waals surface area (Å²) < 4.78 is 26.2. The van der Waals surface area contributed by atoms with E-state index >= 15 is 0 Å². The number of rotatable bonds is 8. The second-order valence-electron chi connectivity index (χ2n) is 4.60. The molecule has 0 fully saturated rings. The van der Waals surface area contributed by atoms with E-state index in [1.807, 2.05) is 19.0 Å². The van der Waals surface area contributed by atoms with Crippen LogP contribution in [0.4, 0.5) is 0 Å². The molecule has 0 spiro atoms. The lowest BCUT2D eigenvalue weighted by Crippen LogP contribution is -2.26. The van der Waals surface area contributed by atoms with Gasteiger partial charge >= 0.3 is 5.97 Å². The fraction of sp³-hybridized carbons (Fsp3) is 0.500. The van der Waals surface area contributed by atoms with Gasteiger partial charge in [0.15, 0.2) is 5.03 Å². The highest BCUT2D eigenvalue weighted by Crippen LogP contribution is 2.06. The maximum Gasteiger partial charge on any atom is 0.337 e. The van der Waals surface area contributed by atoms with Crippen LogP contribution in [0.25, 0.3) is 0 Å². The summed E-state index contributed by atoms with van der Waals surface area (Å²) in [4.78, 5) is 16.3. The lowest BCUT2D eigenvalue weighted by molar-refractivity contribution is 0.0696. The Morgan fingerprint density at radius 3 is 2.55 bits per heavy atom. The number of carboxylic acid groups (broad SMARTS) is 1. The summed E-state index contributed by atoms with van der Waals surface area (Å²) in [6, 6.07) is 2.40. The fourth-order valence-corrected chi connectivity index (χ4v) is 2.50. The third-order valence-corrected chi connectivity index (χ3v) is 3.96. The van der Waals surface area contributed by atoms with Crippen molar-refractivity contribution in [1.29, 1.82) is 0 Å². The van der Waals surface area contributed by atoms with Crippen molar-refractivity contribution < 1.29 is 18.3 Å².